The van der Waals surface area contributed by atoms with Gasteiger partial charge in [-0.1, -0.05) is 116 Å². The zero-order chi connectivity index (χ0) is 19.7. The first-order chi connectivity index (χ1) is 12.1. The fourth-order valence-electron chi connectivity index (χ4n) is 4.36. The molecule has 1 fully saturated rings. The quantitative estimate of drug-likeness (QED) is 0.283. The summed E-state index contributed by atoms with van der Waals surface area (Å²) in [5.41, 5.74) is -0.499. The molecular weight excluding hydrogens is 332 g/mol. The Hall–Kier alpha value is -0.0831. The second-order valence-corrected chi connectivity index (χ2v) is 15.6. The fraction of sp³-hybridized carbons (Fsp3) is 0.917. The molecule has 0 radical (unpaired) electrons. The average molecular weight is 381 g/mol. The molecule has 154 valence electrons. The van der Waals surface area contributed by atoms with E-state index in [0.29, 0.717) is 5.04 Å². The molecule has 0 unspecified atom stereocenters. The molecule has 26 heavy (non-hydrogen) atoms. The minimum absolute atomic E-state index is 0.297. The van der Waals surface area contributed by atoms with Crippen molar-refractivity contribution in [2.24, 2.45) is 0 Å². The van der Waals surface area contributed by atoms with Crippen LogP contribution in [0.3, 0.4) is 0 Å². The van der Waals surface area contributed by atoms with Crippen molar-refractivity contribution in [3.8, 4) is 0 Å². The van der Waals surface area contributed by atoms with Crippen molar-refractivity contribution in [3.05, 3.63) is 11.3 Å². The lowest BCUT2D eigenvalue weighted by molar-refractivity contribution is 0.0447. The molecule has 0 spiro atoms. The van der Waals surface area contributed by atoms with E-state index in [1.807, 2.05) is 0 Å². The molecule has 1 aliphatic rings. The molecule has 0 aliphatic heterocycles. The highest BCUT2D eigenvalue weighted by Gasteiger charge is 2.47. The van der Waals surface area contributed by atoms with Gasteiger partial charge in [0, 0.05) is 0 Å². The minimum atomic E-state index is -1.67. The first-order valence-electron chi connectivity index (χ1n) is 11.6. The predicted octanol–water partition coefficient (Wildman–Crippen LogP) is 8.19. The third-order valence-electron chi connectivity index (χ3n) is 7.14. The third kappa shape index (κ3) is 7.15. The third-order valence-corrected chi connectivity index (χ3v) is 12.9. The van der Waals surface area contributed by atoms with Crippen molar-refractivity contribution in [1.29, 1.82) is 0 Å². The highest BCUT2D eigenvalue weighted by molar-refractivity contribution is 6.87. The monoisotopic (exact) mass is 380 g/mol. The summed E-state index contributed by atoms with van der Waals surface area (Å²) in [5, 5.41) is 13.3. The molecule has 0 aromatic rings. The van der Waals surface area contributed by atoms with Gasteiger partial charge in [0.25, 0.3) is 0 Å². The summed E-state index contributed by atoms with van der Waals surface area (Å²) < 4.78 is 0. The van der Waals surface area contributed by atoms with Crippen molar-refractivity contribution < 1.29 is 5.11 Å². The normalized spacial score (nSPS) is 19.0. The lowest BCUT2D eigenvalue weighted by Gasteiger charge is -2.47. The molecule has 1 nitrogen and oxygen atoms in total. The van der Waals surface area contributed by atoms with Gasteiger partial charge >= 0.3 is 0 Å². The van der Waals surface area contributed by atoms with E-state index >= 15 is 0 Å². The lowest BCUT2D eigenvalue weighted by Crippen LogP contribution is -2.50. The van der Waals surface area contributed by atoms with Gasteiger partial charge < -0.3 is 5.11 Å². The van der Waals surface area contributed by atoms with Gasteiger partial charge in [0.2, 0.25) is 0 Å². The van der Waals surface area contributed by atoms with Crippen LogP contribution in [0.4, 0.5) is 0 Å². The molecule has 0 amide bonds. The molecule has 1 rings (SSSR count). The van der Waals surface area contributed by atoms with Crippen LogP contribution in [0.15, 0.2) is 11.3 Å². The zero-order valence-electron chi connectivity index (χ0n) is 18.9. The Morgan fingerprint density at radius 2 is 1.38 bits per heavy atom. The number of allylic oxidation sites excluding steroid dienone is 1. The molecule has 2 heteroatoms. The Balaban J connectivity index is 2.64. The number of aliphatic hydroxyl groups is 1. The van der Waals surface area contributed by atoms with Gasteiger partial charge in [0.05, 0.1) is 13.7 Å². The van der Waals surface area contributed by atoms with E-state index in [1.165, 1.54) is 82.2 Å². The van der Waals surface area contributed by atoms with Crippen LogP contribution < -0.4 is 0 Å². The van der Waals surface area contributed by atoms with Gasteiger partial charge in [-0.3, -0.25) is 0 Å². The van der Waals surface area contributed by atoms with E-state index in [0.717, 1.165) is 12.8 Å². The highest BCUT2D eigenvalue weighted by Crippen LogP contribution is 2.48. The van der Waals surface area contributed by atoms with E-state index in [4.69, 9.17) is 0 Å². The molecule has 0 heterocycles. The lowest BCUT2D eigenvalue weighted by atomic mass is 9.84. The van der Waals surface area contributed by atoms with E-state index in [-0.39, 0.29) is 0 Å². The van der Waals surface area contributed by atoms with Crippen LogP contribution in [-0.2, 0) is 0 Å². The Morgan fingerprint density at radius 3 is 1.88 bits per heavy atom. The van der Waals surface area contributed by atoms with E-state index in [9.17, 15) is 5.11 Å². The second-order valence-electron chi connectivity index (χ2n) is 10.3. The summed E-state index contributed by atoms with van der Waals surface area (Å²) in [6.07, 6.45) is 20.3. The SMILES string of the molecule is CCCCCCCCCC/C=C(/C1(O)CCCCC1)[Si](C)(C)C(C)(C)C. The van der Waals surface area contributed by atoms with Crippen LogP contribution >= 0.6 is 0 Å². The predicted molar refractivity (Wildman–Crippen MR) is 121 cm³/mol. The summed E-state index contributed by atoms with van der Waals surface area (Å²) in [7, 11) is -1.67. The van der Waals surface area contributed by atoms with E-state index in [1.54, 1.807) is 0 Å². The number of unbranched alkanes of at least 4 members (excludes halogenated alkanes) is 8. The van der Waals surface area contributed by atoms with Crippen LogP contribution in [0.2, 0.25) is 18.1 Å². The largest absolute Gasteiger partial charge is 0.386 e. The van der Waals surface area contributed by atoms with Crippen molar-refractivity contribution in [2.75, 3.05) is 0 Å². The maximum absolute atomic E-state index is 11.5. The molecule has 1 N–H and O–H groups in total. The van der Waals surface area contributed by atoms with Gasteiger partial charge in [0.15, 0.2) is 0 Å². The van der Waals surface area contributed by atoms with Crippen molar-refractivity contribution in [2.45, 2.75) is 141 Å². The first-order valence-corrected chi connectivity index (χ1v) is 14.6. The fourth-order valence-corrected chi connectivity index (χ4v) is 7.24. The maximum Gasteiger partial charge on any atom is 0.0840 e. The highest BCUT2D eigenvalue weighted by atomic mass is 28.3. The molecular formula is C24H48OSi. The Bertz CT molecular complexity index is 410. The zero-order valence-corrected chi connectivity index (χ0v) is 19.9. The van der Waals surface area contributed by atoms with Gasteiger partial charge in [0.1, 0.15) is 0 Å². The van der Waals surface area contributed by atoms with Crippen LogP contribution in [-0.4, -0.2) is 18.8 Å². The summed E-state index contributed by atoms with van der Waals surface area (Å²) >= 11 is 0. The molecule has 1 saturated carbocycles. The summed E-state index contributed by atoms with van der Waals surface area (Å²) in [6, 6.07) is 0. The van der Waals surface area contributed by atoms with Crippen molar-refractivity contribution in [1.82, 2.24) is 0 Å². The molecule has 0 atom stereocenters. The Morgan fingerprint density at radius 1 is 0.885 bits per heavy atom. The topological polar surface area (TPSA) is 20.2 Å². The average Bonchev–Trinajstić information content (AvgIpc) is 2.56. The van der Waals surface area contributed by atoms with Gasteiger partial charge in [-0.25, -0.2) is 0 Å². The number of hydrogen-bond donors (Lipinski definition) is 1. The van der Waals surface area contributed by atoms with E-state index in [2.05, 4.69) is 46.9 Å². The maximum atomic E-state index is 11.5. The molecule has 0 aromatic carbocycles. The second kappa shape index (κ2) is 11.0. The molecule has 0 bridgehead atoms. The summed E-state index contributed by atoms with van der Waals surface area (Å²) in [4.78, 5) is 0. The van der Waals surface area contributed by atoms with Gasteiger partial charge in [-0.2, -0.15) is 0 Å². The van der Waals surface area contributed by atoms with Gasteiger partial charge in [-0.05, 0) is 30.7 Å². The van der Waals surface area contributed by atoms with Crippen LogP contribution in [0.5, 0.6) is 0 Å². The molecule has 0 saturated heterocycles. The smallest absolute Gasteiger partial charge is 0.0840 e. The standard InChI is InChI=1S/C24H48OSi/c1-7-8-9-10-11-12-13-14-16-19-22(26(5,6)23(2,3)4)24(25)20-17-15-18-21-24/h19,25H,7-18,20-21H2,1-6H3/b22-19-. The van der Waals surface area contributed by atoms with E-state index < -0.39 is 13.7 Å². The number of hydrogen-bond acceptors (Lipinski definition) is 1. The Kier molecular flexibility index (Phi) is 10.2. The summed E-state index contributed by atoms with van der Waals surface area (Å²) in [6.45, 7) is 14.4. The van der Waals surface area contributed by atoms with Crippen LogP contribution in [0.25, 0.3) is 0 Å². The molecule has 1 aliphatic carbocycles. The van der Waals surface area contributed by atoms with Crippen molar-refractivity contribution >= 4 is 8.07 Å². The van der Waals surface area contributed by atoms with Gasteiger partial charge in [-0.15, -0.1) is 0 Å². The molecule has 0 aromatic heterocycles. The Labute approximate surface area is 166 Å². The summed E-state index contributed by atoms with van der Waals surface area (Å²) in [5.74, 6) is 0. The number of rotatable bonds is 11. The van der Waals surface area contributed by atoms with Crippen LogP contribution in [0.1, 0.15) is 118 Å². The minimum Gasteiger partial charge on any atom is -0.386 e. The van der Waals surface area contributed by atoms with Crippen molar-refractivity contribution in [3.63, 3.8) is 0 Å². The first kappa shape index (κ1) is 24.0. The van der Waals surface area contributed by atoms with Crippen LogP contribution in [0, 0.1) is 0 Å².